The molecule has 0 spiro atoms. The van der Waals surface area contributed by atoms with Crippen molar-refractivity contribution < 1.29 is 9.90 Å². The highest BCUT2D eigenvalue weighted by Gasteiger charge is 2.20. The lowest BCUT2D eigenvalue weighted by Gasteiger charge is -2.25. The Bertz CT molecular complexity index is 235. The van der Waals surface area contributed by atoms with Crippen LogP contribution in [0.1, 0.15) is 32.1 Å². The van der Waals surface area contributed by atoms with Crippen LogP contribution in [0.4, 0.5) is 0 Å². The van der Waals surface area contributed by atoms with Gasteiger partial charge in [-0.05, 0) is 25.2 Å². The molecule has 2 N–H and O–H groups in total. The summed E-state index contributed by atoms with van der Waals surface area (Å²) in [6.07, 6.45) is 3.45. The van der Waals surface area contributed by atoms with Crippen molar-refractivity contribution in [2.24, 2.45) is 5.92 Å². The molecule has 1 saturated carbocycles. The van der Waals surface area contributed by atoms with Crippen molar-refractivity contribution >= 4 is 5.91 Å². The number of carbonyl (C=O) groups excluding carboxylic acids is 1. The van der Waals surface area contributed by atoms with Gasteiger partial charge in [0.05, 0.1) is 12.2 Å². The van der Waals surface area contributed by atoms with Crippen molar-refractivity contribution in [2.75, 3.05) is 6.54 Å². The molecule has 0 heterocycles. The van der Waals surface area contributed by atoms with Crippen LogP contribution < -0.4 is 5.32 Å². The van der Waals surface area contributed by atoms with E-state index in [1.54, 1.807) is 6.07 Å². The molecule has 0 aromatic rings. The monoisotopic (exact) mass is 196 g/mol. The maximum Gasteiger partial charge on any atom is 0.234 e. The second-order valence-corrected chi connectivity index (χ2v) is 3.83. The summed E-state index contributed by atoms with van der Waals surface area (Å²) >= 11 is 0. The molecule has 1 aliphatic rings. The van der Waals surface area contributed by atoms with Gasteiger partial charge in [-0.1, -0.05) is 6.42 Å². The Morgan fingerprint density at radius 1 is 1.57 bits per heavy atom. The Kier molecular flexibility index (Phi) is 4.41. The van der Waals surface area contributed by atoms with Gasteiger partial charge in [0.15, 0.2) is 0 Å². The van der Waals surface area contributed by atoms with Gasteiger partial charge in [-0.15, -0.1) is 0 Å². The van der Waals surface area contributed by atoms with Crippen molar-refractivity contribution in [1.29, 1.82) is 5.26 Å². The van der Waals surface area contributed by atoms with E-state index < -0.39 is 0 Å². The smallest absolute Gasteiger partial charge is 0.234 e. The number of rotatable bonds is 3. The molecule has 1 aliphatic carbocycles. The van der Waals surface area contributed by atoms with Crippen LogP contribution in [0.15, 0.2) is 0 Å². The first-order valence-electron chi connectivity index (χ1n) is 5.04. The zero-order valence-electron chi connectivity index (χ0n) is 8.20. The van der Waals surface area contributed by atoms with Crippen molar-refractivity contribution in [2.45, 2.75) is 38.2 Å². The van der Waals surface area contributed by atoms with E-state index in [4.69, 9.17) is 5.26 Å². The zero-order valence-corrected chi connectivity index (χ0v) is 8.20. The summed E-state index contributed by atoms with van der Waals surface area (Å²) < 4.78 is 0. The fourth-order valence-electron chi connectivity index (χ4n) is 1.84. The average Bonchev–Trinajstić information content (AvgIpc) is 2.15. The lowest BCUT2D eigenvalue weighted by Crippen LogP contribution is -2.32. The van der Waals surface area contributed by atoms with Gasteiger partial charge in [-0.3, -0.25) is 4.79 Å². The third kappa shape index (κ3) is 3.75. The normalized spacial score (nSPS) is 26.6. The lowest BCUT2D eigenvalue weighted by atomic mass is 9.87. The molecule has 78 valence electrons. The van der Waals surface area contributed by atoms with Crippen LogP contribution in [-0.2, 0) is 4.79 Å². The highest BCUT2D eigenvalue weighted by atomic mass is 16.3. The summed E-state index contributed by atoms with van der Waals surface area (Å²) in [4.78, 5) is 11.0. The van der Waals surface area contributed by atoms with Crippen LogP contribution in [0.2, 0.25) is 0 Å². The molecule has 1 rings (SSSR count). The minimum atomic E-state index is -0.215. The Labute approximate surface area is 83.9 Å². The maximum atomic E-state index is 11.0. The summed E-state index contributed by atoms with van der Waals surface area (Å²) in [6, 6.07) is 1.80. The third-order valence-corrected chi connectivity index (χ3v) is 2.58. The first-order valence-corrected chi connectivity index (χ1v) is 5.04. The molecule has 1 fully saturated rings. The number of hydrogen-bond donors (Lipinski definition) is 2. The van der Waals surface area contributed by atoms with Crippen LogP contribution in [0, 0.1) is 17.2 Å². The highest BCUT2D eigenvalue weighted by molar-refractivity contribution is 5.77. The number of nitrogens with zero attached hydrogens (tertiary/aromatic N) is 1. The van der Waals surface area contributed by atoms with Crippen molar-refractivity contribution in [3.05, 3.63) is 0 Å². The van der Waals surface area contributed by atoms with Gasteiger partial charge >= 0.3 is 0 Å². The average molecular weight is 196 g/mol. The summed E-state index contributed by atoms with van der Waals surface area (Å²) in [5, 5.41) is 20.3. The molecule has 0 aromatic heterocycles. The molecule has 4 nitrogen and oxygen atoms in total. The number of aliphatic hydroxyl groups is 1. The van der Waals surface area contributed by atoms with Gasteiger partial charge in [0.25, 0.3) is 0 Å². The van der Waals surface area contributed by atoms with Crippen molar-refractivity contribution in [3.8, 4) is 6.07 Å². The summed E-state index contributed by atoms with van der Waals surface area (Å²) in [5.41, 5.74) is 0. The van der Waals surface area contributed by atoms with Crippen LogP contribution in [0.5, 0.6) is 0 Å². The van der Waals surface area contributed by atoms with Crippen molar-refractivity contribution in [3.63, 3.8) is 0 Å². The largest absolute Gasteiger partial charge is 0.393 e. The Hall–Kier alpha value is -1.08. The molecule has 14 heavy (non-hydrogen) atoms. The van der Waals surface area contributed by atoms with Crippen molar-refractivity contribution in [1.82, 2.24) is 5.32 Å². The minimum absolute atomic E-state index is 0.0741. The van der Waals surface area contributed by atoms with Crippen LogP contribution in [0.3, 0.4) is 0 Å². The van der Waals surface area contributed by atoms with E-state index in [9.17, 15) is 9.90 Å². The molecule has 0 bridgehead atoms. The molecule has 0 radical (unpaired) electrons. The summed E-state index contributed by atoms with van der Waals surface area (Å²) in [5.74, 6) is 0.161. The number of hydrogen-bond acceptors (Lipinski definition) is 3. The predicted octanol–water partition coefficient (Wildman–Crippen LogP) is 0.567. The fourth-order valence-corrected chi connectivity index (χ4v) is 1.84. The molecule has 4 heteroatoms. The molecule has 1 amide bonds. The molecule has 0 aromatic carbocycles. The topological polar surface area (TPSA) is 73.1 Å². The first kappa shape index (κ1) is 11.0. The third-order valence-electron chi connectivity index (χ3n) is 2.58. The molecular weight excluding hydrogens is 180 g/mol. The Balaban J connectivity index is 2.18. The molecule has 0 aliphatic heterocycles. The fraction of sp³-hybridized carbons (Fsp3) is 0.800. The number of aliphatic hydroxyl groups excluding tert-OH is 1. The van der Waals surface area contributed by atoms with E-state index in [0.29, 0.717) is 12.5 Å². The van der Waals surface area contributed by atoms with Gasteiger partial charge in [-0.25, -0.2) is 0 Å². The summed E-state index contributed by atoms with van der Waals surface area (Å²) in [6.45, 7) is 0.595. The van der Waals surface area contributed by atoms with Crippen LogP contribution in [-0.4, -0.2) is 23.7 Å². The minimum Gasteiger partial charge on any atom is -0.393 e. The molecular formula is C10H16N2O2. The second-order valence-electron chi connectivity index (χ2n) is 3.83. The van der Waals surface area contributed by atoms with E-state index in [-0.39, 0.29) is 18.4 Å². The Morgan fingerprint density at radius 2 is 2.36 bits per heavy atom. The van der Waals surface area contributed by atoms with Crippen LogP contribution >= 0.6 is 0 Å². The van der Waals surface area contributed by atoms with E-state index >= 15 is 0 Å². The number of amides is 1. The van der Waals surface area contributed by atoms with Gasteiger partial charge in [0.1, 0.15) is 6.42 Å². The number of carbonyl (C=O) groups is 1. The zero-order chi connectivity index (χ0) is 10.4. The quantitative estimate of drug-likeness (QED) is 0.693. The number of nitrogens with one attached hydrogen (secondary N) is 1. The second kappa shape index (κ2) is 5.61. The lowest BCUT2D eigenvalue weighted by molar-refractivity contribution is -0.120. The predicted molar refractivity (Wildman–Crippen MR) is 51.2 cm³/mol. The SMILES string of the molecule is N#CCC(=O)NCC1CCCC(O)C1. The van der Waals surface area contributed by atoms with E-state index in [1.807, 2.05) is 0 Å². The highest BCUT2D eigenvalue weighted by Crippen LogP contribution is 2.23. The van der Waals surface area contributed by atoms with Gasteiger partial charge in [0, 0.05) is 6.54 Å². The van der Waals surface area contributed by atoms with E-state index in [2.05, 4.69) is 5.32 Å². The first-order chi connectivity index (χ1) is 6.72. The van der Waals surface area contributed by atoms with Gasteiger partial charge in [-0.2, -0.15) is 5.26 Å². The van der Waals surface area contributed by atoms with Gasteiger partial charge in [0.2, 0.25) is 5.91 Å². The molecule has 0 saturated heterocycles. The van der Waals surface area contributed by atoms with Crippen LogP contribution in [0.25, 0.3) is 0 Å². The van der Waals surface area contributed by atoms with Gasteiger partial charge < -0.3 is 10.4 Å². The standard InChI is InChI=1S/C10H16N2O2/c11-5-4-10(14)12-7-8-2-1-3-9(13)6-8/h8-9,13H,1-4,6-7H2,(H,12,14). The number of nitriles is 1. The summed E-state index contributed by atoms with van der Waals surface area (Å²) in [7, 11) is 0. The van der Waals surface area contributed by atoms with E-state index in [0.717, 1.165) is 25.7 Å². The Morgan fingerprint density at radius 3 is 3.00 bits per heavy atom. The molecule has 2 atom stereocenters. The van der Waals surface area contributed by atoms with E-state index in [1.165, 1.54) is 0 Å². The molecule has 2 unspecified atom stereocenters. The maximum absolute atomic E-state index is 11.0.